The van der Waals surface area contributed by atoms with Gasteiger partial charge < -0.3 is 4.43 Å². The normalized spacial score (nSPS) is 31.9. The molecule has 1 fully saturated rings. The van der Waals surface area contributed by atoms with Crippen LogP contribution in [0.25, 0.3) is 0 Å². The third-order valence-corrected chi connectivity index (χ3v) is 9.14. The van der Waals surface area contributed by atoms with Crippen molar-refractivity contribution >= 4 is 14.3 Å². The Morgan fingerprint density at radius 3 is 2.41 bits per heavy atom. The van der Waals surface area contributed by atoms with Crippen LogP contribution in [0, 0.1) is 11.3 Å². The quantitative estimate of drug-likeness (QED) is 0.550. The van der Waals surface area contributed by atoms with Gasteiger partial charge in [0.05, 0.1) is 5.41 Å². The summed E-state index contributed by atoms with van der Waals surface area (Å²) in [6, 6.07) is 0. The third-order valence-electron chi connectivity index (χ3n) is 4.84. The van der Waals surface area contributed by atoms with Crippen LogP contribution in [-0.4, -0.2) is 14.3 Å². The number of carbonyl (C=O) groups is 1. The number of hydrogen-bond donors (Lipinski definition) is 0. The van der Waals surface area contributed by atoms with Gasteiger partial charge in [0.25, 0.3) is 8.32 Å². The molecule has 2 rings (SSSR count). The molecule has 0 aromatic carbocycles. The summed E-state index contributed by atoms with van der Waals surface area (Å²) in [5.74, 6) is 0.669. The van der Waals surface area contributed by atoms with Crippen LogP contribution in [0.4, 0.5) is 0 Å². The lowest BCUT2D eigenvalue weighted by Gasteiger charge is -2.38. The van der Waals surface area contributed by atoms with Gasteiger partial charge in [-0.25, -0.2) is 0 Å². The molecule has 17 heavy (non-hydrogen) atoms. The van der Waals surface area contributed by atoms with Crippen molar-refractivity contribution in [1.29, 1.82) is 0 Å². The topological polar surface area (TPSA) is 26.3 Å². The van der Waals surface area contributed by atoms with Gasteiger partial charge in [0.1, 0.15) is 0 Å². The molecule has 2 unspecified atom stereocenters. The second-order valence-corrected chi connectivity index (χ2v) is 11.9. The molecule has 0 aliphatic heterocycles. The van der Waals surface area contributed by atoms with Gasteiger partial charge in [-0.1, -0.05) is 32.9 Å². The van der Waals surface area contributed by atoms with Gasteiger partial charge in [0.2, 0.25) is 0 Å². The van der Waals surface area contributed by atoms with Crippen molar-refractivity contribution in [1.82, 2.24) is 0 Å². The number of carbonyl (C=O) groups excluding carboxylic acids is 1. The van der Waals surface area contributed by atoms with E-state index in [4.69, 9.17) is 4.43 Å². The number of hydrogen-bond acceptors (Lipinski definition) is 2. The van der Waals surface area contributed by atoms with E-state index in [1.54, 1.807) is 0 Å². The molecule has 2 bridgehead atoms. The maximum Gasteiger partial charge on any atom is 0.302 e. The van der Waals surface area contributed by atoms with Gasteiger partial charge in [-0.2, -0.15) is 0 Å². The highest BCUT2D eigenvalue weighted by atomic mass is 28.4. The predicted molar refractivity (Wildman–Crippen MR) is 72.2 cm³/mol. The molecule has 2 aliphatic rings. The largest absolute Gasteiger partial charge is 0.518 e. The first kappa shape index (κ1) is 12.9. The summed E-state index contributed by atoms with van der Waals surface area (Å²) >= 11 is 0. The van der Waals surface area contributed by atoms with Crippen molar-refractivity contribution in [3.05, 3.63) is 12.2 Å². The molecule has 2 nitrogen and oxygen atoms in total. The van der Waals surface area contributed by atoms with Gasteiger partial charge in [-0.05, 0) is 43.3 Å². The highest BCUT2D eigenvalue weighted by Gasteiger charge is 2.50. The van der Waals surface area contributed by atoms with E-state index in [-0.39, 0.29) is 16.4 Å². The molecule has 2 atom stereocenters. The summed E-state index contributed by atoms with van der Waals surface area (Å²) in [7, 11) is -1.96. The van der Waals surface area contributed by atoms with Gasteiger partial charge >= 0.3 is 5.97 Å². The van der Waals surface area contributed by atoms with E-state index < -0.39 is 8.32 Å². The molecule has 96 valence electrons. The maximum atomic E-state index is 12.4. The van der Waals surface area contributed by atoms with Crippen LogP contribution in [0.1, 0.15) is 40.0 Å². The molecule has 0 amide bonds. The number of fused-ring (bicyclic) bond motifs is 2. The van der Waals surface area contributed by atoms with E-state index in [1.807, 2.05) is 0 Å². The summed E-state index contributed by atoms with van der Waals surface area (Å²) < 4.78 is 5.96. The summed E-state index contributed by atoms with van der Waals surface area (Å²) in [6.07, 6.45) is 7.44. The van der Waals surface area contributed by atoms with Crippen molar-refractivity contribution in [3.8, 4) is 0 Å². The molecule has 0 heterocycles. The third kappa shape index (κ3) is 2.10. The Morgan fingerprint density at radius 2 is 2.06 bits per heavy atom. The Balaban J connectivity index is 2.10. The minimum absolute atomic E-state index is 0.0420. The Labute approximate surface area is 106 Å². The van der Waals surface area contributed by atoms with E-state index in [1.165, 1.54) is 0 Å². The highest BCUT2D eigenvalue weighted by molar-refractivity contribution is 6.75. The summed E-state index contributed by atoms with van der Waals surface area (Å²) in [5, 5.41) is 0.0968. The lowest BCUT2D eigenvalue weighted by atomic mass is 9.88. The number of rotatable bonds is 2. The summed E-state index contributed by atoms with van der Waals surface area (Å²) in [4.78, 5) is 12.4. The monoisotopic (exact) mass is 252 g/mol. The molecule has 0 radical (unpaired) electrons. The first-order valence-corrected chi connectivity index (χ1v) is 9.50. The van der Waals surface area contributed by atoms with Crippen molar-refractivity contribution in [2.45, 2.75) is 58.2 Å². The smallest absolute Gasteiger partial charge is 0.302 e. The van der Waals surface area contributed by atoms with Crippen LogP contribution in [0.15, 0.2) is 12.2 Å². The zero-order chi connectivity index (χ0) is 12.9. The molecular formula is C14H24O2Si. The van der Waals surface area contributed by atoms with Crippen molar-refractivity contribution in [2.24, 2.45) is 11.3 Å². The molecule has 0 N–H and O–H groups in total. The predicted octanol–water partition coefficient (Wildman–Crippen LogP) is 3.89. The van der Waals surface area contributed by atoms with E-state index in [2.05, 4.69) is 46.0 Å². The van der Waals surface area contributed by atoms with Crippen LogP contribution in [0.5, 0.6) is 0 Å². The molecule has 3 heteroatoms. The SMILES string of the molecule is CC(C)(C)[Si](C)(C)OC(=O)C12C=CC(CC1)C2. The fraction of sp³-hybridized carbons (Fsp3) is 0.786. The Kier molecular flexibility index (Phi) is 2.81. The van der Waals surface area contributed by atoms with Crippen LogP contribution >= 0.6 is 0 Å². The van der Waals surface area contributed by atoms with Crippen LogP contribution in [0.3, 0.4) is 0 Å². The summed E-state index contributed by atoms with van der Waals surface area (Å²) in [5.41, 5.74) is -0.264. The zero-order valence-electron chi connectivity index (χ0n) is 11.7. The first-order valence-electron chi connectivity index (χ1n) is 6.59. The second kappa shape index (κ2) is 3.71. The minimum atomic E-state index is -1.96. The highest BCUT2D eigenvalue weighted by Crippen LogP contribution is 2.51. The van der Waals surface area contributed by atoms with E-state index in [9.17, 15) is 4.79 Å². The van der Waals surface area contributed by atoms with Gasteiger partial charge in [0, 0.05) is 0 Å². The van der Waals surface area contributed by atoms with Gasteiger partial charge in [0.15, 0.2) is 0 Å². The summed E-state index contributed by atoms with van der Waals surface area (Å²) in [6.45, 7) is 10.8. The average molecular weight is 252 g/mol. The van der Waals surface area contributed by atoms with E-state index >= 15 is 0 Å². The first-order chi connectivity index (χ1) is 7.66. The molecule has 0 saturated heterocycles. The van der Waals surface area contributed by atoms with E-state index in [0.29, 0.717) is 5.92 Å². The van der Waals surface area contributed by atoms with Gasteiger partial charge in [-0.3, -0.25) is 4.79 Å². The lowest BCUT2D eigenvalue weighted by molar-refractivity contribution is -0.143. The van der Waals surface area contributed by atoms with Crippen LogP contribution in [0.2, 0.25) is 18.1 Å². The van der Waals surface area contributed by atoms with Crippen molar-refractivity contribution < 1.29 is 9.22 Å². The maximum absolute atomic E-state index is 12.4. The molecular weight excluding hydrogens is 228 g/mol. The van der Waals surface area contributed by atoms with Crippen LogP contribution in [-0.2, 0) is 9.22 Å². The molecule has 0 spiro atoms. The second-order valence-electron chi connectivity index (χ2n) is 7.17. The van der Waals surface area contributed by atoms with Gasteiger partial charge in [-0.15, -0.1) is 0 Å². The fourth-order valence-electron chi connectivity index (χ4n) is 2.49. The van der Waals surface area contributed by atoms with Crippen molar-refractivity contribution in [3.63, 3.8) is 0 Å². The number of allylic oxidation sites excluding steroid dienone is 1. The molecule has 0 aromatic heterocycles. The molecule has 0 aromatic rings. The minimum Gasteiger partial charge on any atom is -0.518 e. The Morgan fingerprint density at radius 1 is 1.41 bits per heavy atom. The van der Waals surface area contributed by atoms with Crippen LogP contribution < -0.4 is 0 Å². The molecule has 1 saturated carbocycles. The average Bonchev–Trinajstić information content (AvgIpc) is 2.75. The Hall–Kier alpha value is -0.573. The molecule has 2 aliphatic carbocycles. The fourth-order valence-corrected chi connectivity index (χ4v) is 3.46. The lowest BCUT2D eigenvalue weighted by Crippen LogP contribution is -2.45. The standard InChI is InChI=1S/C14H24O2Si/c1-13(2,3)17(4,5)16-12(15)14-8-6-11(10-14)7-9-14/h6,8,11H,7,9-10H2,1-5H3. The van der Waals surface area contributed by atoms with E-state index in [0.717, 1.165) is 19.3 Å². The Bertz CT molecular complexity index is 365. The zero-order valence-corrected chi connectivity index (χ0v) is 12.7. The van der Waals surface area contributed by atoms with Crippen molar-refractivity contribution in [2.75, 3.05) is 0 Å².